The van der Waals surface area contributed by atoms with Gasteiger partial charge < -0.3 is 10.1 Å². The molecule has 0 fully saturated rings. The van der Waals surface area contributed by atoms with Crippen molar-refractivity contribution in [1.29, 1.82) is 0 Å². The van der Waals surface area contributed by atoms with Crippen LogP contribution >= 0.6 is 0 Å². The molecule has 0 aromatic heterocycles. The summed E-state index contributed by atoms with van der Waals surface area (Å²) in [6.07, 6.45) is 0. The van der Waals surface area contributed by atoms with Gasteiger partial charge in [-0.25, -0.2) is 8.42 Å². The van der Waals surface area contributed by atoms with E-state index in [-0.39, 0.29) is 5.75 Å². The molecule has 2 aromatic rings. The summed E-state index contributed by atoms with van der Waals surface area (Å²) in [6.45, 7) is 1.63. The van der Waals surface area contributed by atoms with Gasteiger partial charge >= 0.3 is 0 Å². The average molecular weight is 291 g/mol. The highest BCUT2D eigenvalue weighted by Gasteiger charge is 2.11. The molecule has 20 heavy (non-hydrogen) atoms. The summed E-state index contributed by atoms with van der Waals surface area (Å²) in [5.41, 5.74) is 1.00. The van der Waals surface area contributed by atoms with Crippen LogP contribution in [0.2, 0.25) is 0 Å². The van der Waals surface area contributed by atoms with Gasteiger partial charge in [-0.05, 0) is 48.5 Å². The lowest BCUT2D eigenvalue weighted by atomic mass is 10.3. The van der Waals surface area contributed by atoms with Crippen LogP contribution in [0.15, 0.2) is 53.4 Å². The van der Waals surface area contributed by atoms with Gasteiger partial charge in [0, 0.05) is 12.7 Å². The van der Waals surface area contributed by atoms with E-state index < -0.39 is 9.84 Å². The van der Waals surface area contributed by atoms with Crippen molar-refractivity contribution >= 4 is 15.5 Å². The fraction of sp³-hybridized carbons (Fsp3) is 0.200. The van der Waals surface area contributed by atoms with Crippen LogP contribution in [0.5, 0.6) is 11.5 Å². The summed E-state index contributed by atoms with van der Waals surface area (Å²) >= 11 is 0. The van der Waals surface area contributed by atoms with Gasteiger partial charge in [-0.3, -0.25) is 0 Å². The fourth-order valence-electron chi connectivity index (χ4n) is 1.71. The Balaban J connectivity index is 2.14. The number of rotatable bonds is 5. The summed E-state index contributed by atoms with van der Waals surface area (Å²) in [6, 6.07) is 14.0. The second kappa shape index (κ2) is 5.96. The standard InChI is InChI=1S/C15H17NO3S/c1-3-20(17,18)15-10-8-14(9-11-15)19-13-6-4-12(16-2)5-7-13/h4-11,16H,3H2,1-2H3. The van der Waals surface area contributed by atoms with E-state index >= 15 is 0 Å². The molecule has 106 valence electrons. The third-order valence-electron chi connectivity index (χ3n) is 2.94. The quantitative estimate of drug-likeness (QED) is 0.918. The Labute approximate surface area is 119 Å². The maximum Gasteiger partial charge on any atom is 0.178 e. The third-order valence-corrected chi connectivity index (χ3v) is 4.69. The van der Waals surface area contributed by atoms with Crippen LogP contribution in [-0.2, 0) is 9.84 Å². The Morgan fingerprint density at radius 2 is 1.45 bits per heavy atom. The molecular weight excluding hydrogens is 274 g/mol. The van der Waals surface area contributed by atoms with E-state index in [2.05, 4.69) is 5.32 Å². The van der Waals surface area contributed by atoms with Crippen molar-refractivity contribution in [3.05, 3.63) is 48.5 Å². The first-order valence-corrected chi connectivity index (χ1v) is 7.99. The Bertz CT molecular complexity index is 661. The lowest BCUT2D eigenvalue weighted by Gasteiger charge is -2.07. The average Bonchev–Trinajstić information content (AvgIpc) is 2.48. The molecule has 0 unspecified atom stereocenters. The smallest absolute Gasteiger partial charge is 0.178 e. The van der Waals surface area contributed by atoms with E-state index in [4.69, 9.17) is 4.74 Å². The SMILES string of the molecule is CCS(=O)(=O)c1ccc(Oc2ccc(NC)cc2)cc1. The van der Waals surface area contributed by atoms with Crippen LogP contribution in [0, 0.1) is 0 Å². The Hall–Kier alpha value is -2.01. The van der Waals surface area contributed by atoms with Gasteiger partial charge in [0.05, 0.1) is 10.6 Å². The van der Waals surface area contributed by atoms with Gasteiger partial charge in [0.15, 0.2) is 9.84 Å². The molecule has 2 rings (SSSR count). The van der Waals surface area contributed by atoms with Crippen LogP contribution in [0.25, 0.3) is 0 Å². The first kappa shape index (κ1) is 14.4. The maximum absolute atomic E-state index is 11.7. The van der Waals surface area contributed by atoms with E-state index in [1.807, 2.05) is 31.3 Å². The van der Waals surface area contributed by atoms with Crippen molar-refractivity contribution in [2.24, 2.45) is 0 Å². The largest absolute Gasteiger partial charge is 0.457 e. The lowest BCUT2D eigenvalue weighted by molar-refractivity contribution is 0.482. The zero-order valence-electron chi connectivity index (χ0n) is 11.5. The van der Waals surface area contributed by atoms with Crippen molar-refractivity contribution in [3.8, 4) is 11.5 Å². The van der Waals surface area contributed by atoms with E-state index in [1.165, 1.54) is 0 Å². The van der Waals surface area contributed by atoms with Gasteiger partial charge in [0.2, 0.25) is 0 Å². The minimum atomic E-state index is -3.16. The van der Waals surface area contributed by atoms with Crippen LogP contribution in [0.4, 0.5) is 5.69 Å². The zero-order chi connectivity index (χ0) is 14.6. The van der Waals surface area contributed by atoms with Gasteiger partial charge in [-0.2, -0.15) is 0 Å². The molecule has 0 amide bonds. The second-order valence-corrected chi connectivity index (χ2v) is 6.53. The monoisotopic (exact) mass is 291 g/mol. The molecule has 2 aromatic carbocycles. The first-order chi connectivity index (χ1) is 9.55. The third kappa shape index (κ3) is 3.30. The van der Waals surface area contributed by atoms with Crippen molar-refractivity contribution in [2.75, 3.05) is 18.1 Å². The Morgan fingerprint density at radius 3 is 1.90 bits per heavy atom. The highest BCUT2D eigenvalue weighted by atomic mass is 32.2. The van der Waals surface area contributed by atoms with Crippen LogP contribution in [0.3, 0.4) is 0 Å². The molecule has 0 aliphatic carbocycles. The number of hydrogen-bond acceptors (Lipinski definition) is 4. The van der Waals surface area contributed by atoms with Gasteiger partial charge in [0.1, 0.15) is 11.5 Å². The molecule has 0 aliphatic rings. The minimum absolute atomic E-state index is 0.0959. The molecule has 0 aliphatic heterocycles. The van der Waals surface area contributed by atoms with Gasteiger partial charge in [-0.15, -0.1) is 0 Å². The Morgan fingerprint density at radius 1 is 0.950 bits per heavy atom. The van der Waals surface area contributed by atoms with Crippen molar-refractivity contribution in [1.82, 2.24) is 0 Å². The first-order valence-electron chi connectivity index (χ1n) is 6.33. The zero-order valence-corrected chi connectivity index (χ0v) is 12.3. The molecule has 1 N–H and O–H groups in total. The fourth-order valence-corrected chi connectivity index (χ4v) is 2.59. The van der Waals surface area contributed by atoms with Gasteiger partial charge in [0.25, 0.3) is 0 Å². The van der Waals surface area contributed by atoms with Crippen LogP contribution in [0.1, 0.15) is 6.92 Å². The molecule has 4 nitrogen and oxygen atoms in total. The van der Waals surface area contributed by atoms with Crippen molar-refractivity contribution < 1.29 is 13.2 Å². The highest BCUT2D eigenvalue weighted by molar-refractivity contribution is 7.91. The number of nitrogens with one attached hydrogen (secondary N) is 1. The minimum Gasteiger partial charge on any atom is -0.457 e. The van der Waals surface area contributed by atoms with E-state index in [1.54, 1.807) is 31.2 Å². The van der Waals surface area contributed by atoms with Gasteiger partial charge in [-0.1, -0.05) is 6.92 Å². The summed E-state index contributed by atoms with van der Waals surface area (Å²) in [7, 11) is -1.31. The number of ether oxygens (including phenoxy) is 1. The summed E-state index contributed by atoms with van der Waals surface area (Å²) < 4.78 is 29.0. The molecule has 0 atom stereocenters. The predicted octanol–water partition coefficient (Wildman–Crippen LogP) is 3.31. The topological polar surface area (TPSA) is 55.4 Å². The molecule has 0 radical (unpaired) electrons. The molecule has 5 heteroatoms. The summed E-state index contributed by atoms with van der Waals surface area (Å²) in [5.74, 6) is 1.41. The number of hydrogen-bond donors (Lipinski definition) is 1. The Kier molecular flexibility index (Phi) is 4.29. The molecular formula is C15H17NO3S. The second-order valence-electron chi connectivity index (χ2n) is 4.25. The van der Waals surface area contributed by atoms with Crippen molar-refractivity contribution in [3.63, 3.8) is 0 Å². The van der Waals surface area contributed by atoms with E-state index in [9.17, 15) is 8.42 Å². The number of benzene rings is 2. The van der Waals surface area contributed by atoms with Crippen LogP contribution in [-0.4, -0.2) is 21.2 Å². The molecule has 0 bridgehead atoms. The normalized spacial score (nSPS) is 11.1. The van der Waals surface area contributed by atoms with E-state index in [0.717, 1.165) is 5.69 Å². The number of sulfone groups is 1. The predicted molar refractivity (Wildman–Crippen MR) is 80.2 cm³/mol. The number of anilines is 1. The maximum atomic E-state index is 11.7. The summed E-state index contributed by atoms with van der Waals surface area (Å²) in [5, 5.41) is 3.03. The van der Waals surface area contributed by atoms with E-state index in [0.29, 0.717) is 16.4 Å². The highest BCUT2D eigenvalue weighted by Crippen LogP contribution is 2.24. The molecule has 0 saturated heterocycles. The molecule has 0 heterocycles. The lowest BCUT2D eigenvalue weighted by Crippen LogP contribution is -2.03. The van der Waals surface area contributed by atoms with Crippen LogP contribution < -0.4 is 10.1 Å². The molecule has 0 saturated carbocycles. The summed E-state index contributed by atoms with van der Waals surface area (Å²) in [4.78, 5) is 0.317. The van der Waals surface area contributed by atoms with Crippen molar-refractivity contribution in [2.45, 2.75) is 11.8 Å². The molecule has 0 spiro atoms.